The molecule has 0 heterocycles. The smallest absolute Gasteiger partial charge is 0.329 e. The van der Waals surface area contributed by atoms with E-state index in [-0.39, 0.29) is 5.97 Å². The maximum atomic E-state index is 13.0. The first-order valence-corrected chi connectivity index (χ1v) is 9.44. The Morgan fingerprint density at radius 3 is 1.89 bits per heavy atom. The first-order valence-electron chi connectivity index (χ1n) is 9.44. The number of carbonyl (C=O) groups is 1. The molecule has 1 unspecified atom stereocenters. The van der Waals surface area contributed by atoms with Crippen LogP contribution in [0.4, 0.5) is 0 Å². The van der Waals surface area contributed by atoms with Gasteiger partial charge in [-0.2, -0.15) is 0 Å². The molecule has 0 aliphatic rings. The third-order valence-corrected chi connectivity index (χ3v) is 4.01. The molecule has 7 nitrogen and oxygen atoms in total. The molecule has 0 radical (unpaired) electrons. The highest BCUT2D eigenvalue weighted by Gasteiger charge is 2.28. The standard InChI is InChI=1S/C20H33NO6/c1-6-16(21(12-14-23-4)13-15-24-5)20(22)27-19-17(25-7-2)10-9-11-18(19)26-8-3/h9-11,16H,6-8,12-15H2,1-5H3. The van der Waals surface area contributed by atoms with Gasteiger partial charge in [-0.05, 0) is 32.4 Å². The molecule has 0 N–H and O–H groups in total. The van der Waals surface area contributed by atoms with Gasteiger partial charge in [-0.3, -0.25) is 4.90 Å². The summed E-state index contributed by atoms with van der Waals surface area (Å²) in [4.78, 5) is 15.0. The Labute approximate surface area is 162 Å². The van der Waals surface area contributed by atoms with Gasteiger partial charge in [0.05, 0.1) is 26.4 Å². The van der Waals surface area contributed by atoms with Crippen LogP contribution in [0.15, 0.2) is 18.2 Å². The van der Waals surface area contributed by atoms with Crippen LogP contribution in [-0.4, -0.2) is 70.6 Å². The summed E-state index contributed by atoms with van der Waals surface area (Å²) >= 11 is 0. The van der Waals surface area contributed by atoms with Crippen LogP contribution in [0.5, 0.6) is 17.2 Å². The molecule has 1 aromatic carbocycles. The lowest BCUT2D eigenvalue weighted by molar-refractivity contribution is -0.141. The van der Waals surface area contributed by atoms with E-state index < -0.39 is 6.04 Å². The van der Waals surface area contributed by atoms with Gasteiger partial charge in [-0.15, -0.1) is 0 Å². The highest BCUT2D eigenvalue weighted by atomic mass is 16.6. The normalized spacial score (nSPS) is 12.1. The van der Waals surface area contributed by atoms with E-state index in [2.05, 4.69) is 0 Å². The van der Waals surface area contributed by atoms with Crippen molar-refractivity contribution in [2.75, 3.05) is 53.7 Å². The molecule has 1 aromatic rings. The lowest BCUT2D eigenvalue weighted by Crippen LogP contribution is -2.46. The first kappa shape index (κ1) is 23.2. The average molecular weight is 383 g/mol. The summed E-state index contributed by atoms with van der Waals surface area (Å²) < 4.78 is 27.3. The Bertz CT molecular complexity index is 519. The summed E-state index contributed by atoms with van der Waals surface area (Å²) in [6.45, 7) is 8.90. The molecule has 1 atom stereocenters. The second-order valence-corrected chi connectivity index (χ2v) is 5.82. The van der Waals surface area contributed by atoms with Gasteiger partial charge in [-0.25, -0.2) is 4.79 Å². The van der Waals surface area contributed by atoms with Crippen LogP contribution in [0, 0.1) is 0 Å². The number of ether oxygens (including phenoxy) is 5. The van der Waals surface area contributed by atoms with Crippen LogP contribution in [0.3, 0.4) is 0 Å². The quantitative estimate of drug-likeness (QED) is 0.361. The van der Waals surface area contributed by atoms with E-state index in [4.69, 9.17) is 23.7 Å². The Morgan fingerprint density at radius 2 is 1.48 bits per heavy atom. The lowest BCUT2D eigenvalue weighted by atomic mass is 10.2. The van der Waals surface area contributed by atoms with Gasteiger partial charge in [0.25, 0.3) is 0 Å². The third kappa shape index (κ3) is 7.36. The second-order valence-electron chi connectivity index (χ2n) is 5.82. The molecule has 0 amide bonds. The van der Waals surface area contributed by atoms with Crippen LogP contribution in [0.1, 0.15) is 27.2 Å². The summed E-state index contributed by atoms with van der Waals surface area (Å²) in [5, 5.41) is 0. The maximum Gasteiger partial charge on any atom is 0.329 e. The number of carbonyl (C=O) groups excluding carboxylic acids is 1. The van der Waals surface area contributed by atoms with Crippen LogP contribution in [0.25, 0.3) is 0 Å². The minimum absolute atomic E-state index is 0.322. The van der Waals surface area contributed by atoms with Gasteiger partial charge in [0, 0.05) is 27.3 Å². The van der Waals surface area contributed by atoms with Crippen molar-refractivity contribution >= 4 is 5.97 Å². The average Bonchev–Trinajstić information content (AvgIpc) is 2.66. The molecule has 0 bridgehead atoms. The Morgan fingerprint density at radius 1 is 0.963 bits per heavy atom. The molecule has 7 heteroatoms. The van der Waals surface area contributed by atoms with E-state index in [9.17, 15) is 4.79 Å². The number of hydrogen-bond donors (Lipinski definition) is 0. The summed E-state index contributed by atoms with van der Waals surface area (Å²) in [7, 11) is 3.28. The van der Waals surface area contributed by atoms with Crippen LogP contribution >= 0.6 is 0 Å². The summed E-state index contributed by atoms with van der Waals surface area (Å²) in [6, 6.07) is 4.93. The zero-order chi connectivity index (χ0) is 20.1. The molecule has 154 valence electrons. The lowest BCUT2D eigenvalue weighted by Gasteiger charge is -2.29. The van der Waals surface area contributed by atoms with E-state index in [1.54, 1.807) is 26.4 Å². The van der Waals surface area contributed by atoms with Crippen molar-refractivity contribution in [1.82, 2.24) is 4.90 Å². The maximum absolute atomic E-state index is 13.0. The predicted octanol–water partition coefficient (Wildman–Crippen LogP) is 2.76. The van der Waals surface area contributed by atoms with E-state index in [1.807, 2.05) is 31.7 Å². The highest BCUT2D eigenvalue weighted by Crippen LogP contribution is 2.37. The number of benzene rings is 1. The van der Waals surface area contributed by atoms with E-state index in [1.165, 1.54) is 0 Å². The molecule has 0 saturated heterocycles. The zero-order valence-corrected chi connectivity index (χ0v) is 17.2. The molecule has 0 aromatic heterocycles. The minimum atomic E-state index is -0.417. The SMILES string of the molecule is CCOc1cccc(OCC)c1OC(=O)C(CC)N(CCOC)CCOC. The van der Waals surface area contributed by atoms with Crippen LogP contribution in [0.2, 0.25) is 0 Å². The van der Waals surface area contributed by atoms with Crippen molar-refractivity contribution in [2.24, 2.45) is 0 Å². The van der Waals surface area contributed by atoms with Crippen LogP contribution in [-0.2, 0) is 14.3 Å². The number of methoxy groups -OCH3 is 2. The Kier molecular flexibility index (Phi) is 11.5. The summed E-state index contributed by atoms with van der Waals surface area (Å²) in [6.07, 6.45) is 0.604. The monoisotopic (exact) mass is 383 g/mol. The Balaban J connectivity index is 3.04. The molecule has 0 saturated carbocycles. The number of esters is 1. The van der Waals surface area contributed by atoms with Crippen molar-refractivity contribution in [3.63, 3.8) is 0 Å². The van der Waals surface area contributed by atoms with Crippen molar-refractivity contribution in [1.29, 1.82) is 0 Å². The van der Waals surface area contributed by atoms with E-state index >= 15 is 0 Å². The van der Waals surface area contributed by atoms with Crippen LogP contribution < -0.4 is 14.2 Å². The van der Waals surface area contributed by atoms with Gasteiger partial charge in [0.2, 0.25) is 5.75 Å². The molecule has 0 aliphatic carbocycles. The molecule has 0 spiro atoms. The van der Waals surface area contributed by atoms with Gasteiger partial charge < -0.3 is 23.7 Å². The fourth-order valence-corrected chi connectivity index (χ4v) is 2.72. The molecular weight excluding hydrogens is 350 g/mol. The molecule has 1 rings (SSSR count). The molecular formula is C20H33NO6. The van der Waals surface area contributed by atoms with Crippen molar-refractivity contribution in [3.05, 3.63) is 18.2 Å². The van der Waals surface area contributed by atoms with Crippen molar-refractivity contribution < 1.29 is 28.5 Å². The topological polar surface area (TPSA) is 66.5 Å². The van der Waals surface area contributed by atoms with Crippen molar-refractivity contribution in [3.8, 4) is 17.2 Å². The summed E-state index contributed by atoms with van der Waals surface area (Å²) in [5.41, 5.74) is 0. The molecule has 0 fully saturated rings. The minimum Gasteiger partial charge on any atom is -0.490 e. The van der Waals surface area contributed by atoms with Gasteiger partial charge >= 0.3 is 5.97 Å². The number of nitrogens with zero attached hydrogens (tertiary/aromatic N) is 1. The fraction of sp³-hybridized carbons (Fsp3) is 0.650. The zero-order valence-electron chi connectivity index (χ0n) is 17.2. The predicted molar refractivity (Wildman–Crippen MR) is 104 cm³/mol. The third-order valence-electron chi connectivity index (χ3n) is 4.01. The highest BCUT2D eigenvalue weighted by molar-refractivity contribution is 5.79. The fourth-order valence-electron chi connectivity index (χ4n) is 2.72. The number of rotatable bonds is 14. The van der Waals surface area contributed by atoms with Gasteiger partial charge in [-0.1, -0.05) is 13.0 Å². The van der Waals surface area contributed by atoms with Gasteiger partial charge in [0.1, 0.15) is 6.04 Å². The summed E-state index contributed by atoms with van der Waals surface area (Å²) in [5.74, 6) is 0.958. The second kappa shape index (κ2) is 13.4. The van der Waals surface area contributed by atoms with E-state index in [0.717, 1.165) is 0 Å². The number of para-hydroxylation sites is 1. The largest absolute Gasteiger partial charge is 0.490 e. The first-order chi connectivity index (χ1) is 13.1. The van der Waals surface area contributed by atoms with Crippen molar-refractivity contribution in [2.45, 2.75) is 33.2 Å². The van der Waals surface area contributed by atoms with E-state index in [0.29, 0.717) is 63.2 Å². The molecule has 27 heavy (non-hydrogen) atoms. The number of hydrogen-bond acceptors (Lipinski definition) is 7. The van der Waals surface area contributed by atoms with Gasteiger partial charge in [0.15, 0.2) is 11.5 Å². The Hall–Kier alpha value is -1.83. The molecule has 0 aliphatic heterocycles.